The van der Waals surface area contributed by atoms with Gasteiger partial charge in [0, 0.05) is 10.5 Å². The molecule has 1 aliphatic rings. The molecule has 0 radical (unpaired) electrons. The summed E-state index contributed by atoms with van der Waals surface area (Å²) in [5, 5.41) is 3.42. The lowest BCUT2D eigenvalue weighted by Crippen LogP contribution is -2.28. The molecule has 0 amide bonds. The van der Waals surface area contributed by atoms with Crippen LogP contribution in [0.1, 0.15) is 24.8 Å². The van der Waals surface area contributed by atoms with E-state index in [1.54, 1.807) is 0 Å². The van der Waals surface area contributed by atoms with Gasteiger partial charge in [0.15, 0.2) is 0 Å². The second-order valence-electron chi connectivity index (χ2n) is 4.50. The molecule has 1 aromatic rings. The molecule has 0 bridgehead atoms. The molecule has 1 unspecified atom stereocenters. The van der Waals surface area contributed by atoms with Gasteiger partial charge in [0.05, 0.1) is 0 Å². The van der Waals surface area contributed by atoms with E-state index in [1.165, 1.54) is 24.8 Å². The molecule has 0 saturated heterocycles. The van der Waals surface area contributed by atoms with Gasteiger partial charge in [0.2, 0.25) is 0 Å². The highest BCUT2D eigenvalue weighted by Gasteiger charge is 2.24. The number of likely N-dealkylation sites (N-methyl/N-ethyl adjacent to an activating group) is 1. The Balaban J connectivity index is 1.89. The Kier molecular flexibility index (Phi) is 3.81. The summed E-state index contributed by atoms with van der Waals surface area (Å²) in [5.74, 6) is 0.998. The Labute approximate surface area is 100 Å². The molecule has 0 aliphatic heterocycles. The summed E-state index contributed by atoms with van der Waals surface area (Å²) in [5.41, 5.74) is 1.43. The van der Waals surface area contributed by atoms with E-state index in [9.17, 15) is 0 Å². The van der Waals surface area contributed by atoms with E-state index >= 15 is 0 Å². The molecule has 0 heterocycles. The first kappa shape index (κ1) is 11.2. The monoisotopic (exact) mass is 267 g/mol. The van der Waals surface area contributed by atoms with E-state index < -0.39 is 0 Å². The van der Waals surface area contributed by atoms with Crippen LogP contribution in [-0.4, -0.2) is 13.1 Å². The fraction of sp³-hybridized carbons (Fsp3) is 0.538. The van der Waals surface area contributed by atoms with Crippen molar-refractivity contribution < 1.29 is 0 Å². The van der Waals surface area contributed by atoms with Gasteiger partial charge in [-0.3, -0.25) is 0 Å². The van der Waals surface area contributed by atoms with Crippen LogP contribution >= 0.6 is 15.9 Å². The van der Waals surface area contributed by atoms with Crippen molar-refractivity contribution in [2.45, 2.75) is 31.7 Å². The van der Waals surface area contributed by atoms with Crippen LogP contribution in [0.5, 0.6) is 0 Å². The number of hydrogen-bond donors (Lipinski definition) is 1. The molecule has 0 spiro atoms. The van der Waals surface area contributed by atoms with Crippen molar-refractivity contribution >= 4 is 15.9 Å². The number of nitrogens with one attached hydrogen (secondary N) is 1. The third-order valence-electron chi connectivity index (χ3n) is 3.12. The van der Waals surface area contributed by atoms with Crippen LogP contribution in [0.2, 0.25) is 0 Å². The molecule has 2 heteroatoms. The Bertz CT molecular complexity index is 303. The predicted octanol–water partition coefficient (Wildman–Crippen LogP) is 3.38. The molecule has 1 atom stereocenters. The molecule has 82 valence electrons. The highest BCUT2D eigenvalue weighted by molar-refractivity contribution is 9.10. The lowest BCUT2D eigenvalue weighted by Gasteiger charge is -2.15. The smallest absolute Gasteiger partial charge is 0.0175 e. The van der Waals surface area contributed by atoms with E-state index in [-0.39, 0.29) is 0 Å². The van der Waals surface area contributed by atoms with Gasteiger partial charge in [-0.1, -0.05) is 40.9 Å². The van der Waals surface area contributed by atoms with Gasteiger partial charge >= 0.3 is 0 Å². The van der Waals surface area contributed by atoms with E-state index in [4.69, 9.17) is 0 Å². The second-order valence-corrected chi connectivity index (χ2v) is 5.41. The summed E-state index contributed by atoms with van der Waals surface area (Å²) >= 11 is 3.46. The van der Waals surface area contributed by atoms with Gasteiger partial charge in [-0.15, -0.1) is 0 Å². The fourth-order valence-corrected chi connectivity index (χ4v) is 2.23. The Morgan fingerprint density at radius 3 is 2.53 bits per heavy atom. The van der Waals surface area contributed by atoms with Crippen molar-refractivity contribution in [1.82, 2.24) is 5.32 Å². The summed E-state index contributed by atoms with van der Waals surface area (Å²) in [6, 6.07) is 9.32. The molecular formula is C13H18BrN. The van der Waals surface area contributed by atoms with Crippen LogP contribution in [-0.2, 0) is 6.42 Å². The van der Waals surface area contributed by atoms with Crippen LogP contribution in [0.15, 0.2) is 28.7 Å². The summed E-state index contributed by atoms with van der Waals surface area (Å²) in [6.45, 7) is 0. The first-order chi connectivity index (χ1) is 7.28. The molecule has 1 saturated carbocycles. The van der Waals surface area contributed by atoms with E-state index in [1.807, 2.05) is 0 Å². The molecular weight excluding hydrogens is 250 g/mol. The Morgan fingerprint density at radius 1 is 1.33 bits per heavy atom. The summed E-state index contributed by atoms with van der Waals surface area (Å²) in [6.07, 6.45) is 5.38. The zero-order valence-electron chi connectivity index (χ0n) is 9.17. The predicted molar refractivity (Wildman–Crippen MR) is 68.0 cm³/mol. The third kappa shape index (κ3) is 3.62. The third-order valence-corrected chi connectivity index (χ3v) is 3.65. The first-order valence-corrected chi connectivity index (χ1v) is 6.49. The number of halogens is 1. The lowest BCUT2D eigenvalue weighted by atomic mass is 10.0. The van der Waals surface area contributed by atoms with Crippen molar-refractivity contribution in [3.05, 3.63) is 34.3 Å². The zero-order chi connectivity index (χ0) is 10.7. The average molecular weight is 268 g/mol. The quantitative estimate of drug-likeness (QED) is 0.863. The number of hydrogen-bond acceptors (Lipinski definition) is 1. The van der Waals surface area contributed by atoms with Crippen LogP contribution in [0.3, 0.4) is 0 Å². The van der Waals surface area contributed by atoms with Crippen molar-refractivity contribution in [3.63, 3.8) is 0 Å². The molecule has 15 heavy (non-hydrogen) atoms. The first-order valence-electron chi connectivity index (χ1n) is 5.69. The minimum atomic E-state index is 0.652. The summed E-state index contributed by atoms with van der Waals surface area (Å²) < 4.78 is 1.16. The molecule has 1 aliphatic carbocycles. The highest BCUT2D eigenvalue weighted by Crippen LogP contribution is 2.34. The molecule has 1 nitrogen and oxygen atoms in total. The standard InChI is InChI=1S/C13H18BrN/c1-15-13(8-10-2-3-10)9-11-4-6-12(14)7-5-11/h4-7,10,13,15H,2-3,8-9H2,1H3. The average Bonchev–Trinajstić information content (AvgIpc) is 3.04. The maximum atomic E-state index is 3.46. The van der Waals surface area contributed by atoms with Gasteiger partial charge in [-0.2, -0.15) is 0 Å². The van der Waals surface area contributed by atoms with Crippen molar-refractivity contribution in [1.29, 1.82) is 0 Å². The van der Waals surface area contributed by atoms with E-state index in [2.05, 4.69) is 52.6 Å². The van der Waals surface area contributed by atoms with Crippen LogP contribution < -0.4 is 5.32 Å². The SMILES string of the molecule is CNC(Cc1ccc(Br)cc1)CC1CC1. The van der Waals surface area contributed by atoms with Crippen LogP contribution in [0.25, 0.3) is 0 Å². The Hall–Kier alpha value is -0.340. The minimum absolute atomic E-state index is 0.652. The van der Waals surface area contributed by atoms with Crippen molar-refractivity contribution in [3.8, 4) is 0 Å². The molecule has 1 N–H and O–H groups in total. The van der Waals surface area contributed by atoms with Gasteiger partial charge in [-0.25, -0.2) is 0 Å². The molecule has 2 rings (SSSR count). The molecule has 1 fully saturated rings. The fourth-order valence-electron chi connectivity index (χ4n) is 1.96. The van der Waals surface area contributed by atoms with Gasteiger partial charge in [-0.05, 0) is 43.5 Å². The van der Waals surface area contributed by atoms with Crippen molar-refractivity contribution in [2.24, 2.45) is 5.92 Å². The normalized spacial score (nSPS) is 17.7. The summed E-state index contributed by atoms with van der Waals surface area (Å²) in [7, 11) is 2.08. The maximum absolute atomic E-state index is 3.46. The zero-order valence-corrected chi connectivity index (χ0v) is 10.8. The maximum Gasteiger partial charge on any atom is 0.0175 e. The number of rotatable bonds is 5. The summed E-state index contributed by atoms with van der Waals surface area (Å²) in [4.78, 5) is 0. The van der Waals surface area contributed by atoms with Crippen LogP contribution in [0, 0.1) is 5.92 Å². The topological polar surface area (TPSA) is 12.0 Å². The van der Waals surface area contributed by atoms with E-state index in [0.29, 0.717) is 6.04 Å². The second kappa shape index (κ2) is 5.13. The Morgan fingerprint density at radius 2 is 2.00 bits per heavy atom. The van der Waals surface area contributed by atoms with E-state index in [0.717, 1.165) is 16.8 Å². The van der Waals surface area contributed by atoms with Gasteiger partial charge in [0.25, 0.3) is 0 Å². The lowest BCUT2D eigenvalue weighted by molar-refractivity contribution is 0.490. The van der Waals surface area contributed by atoms with Crippen LogP contribution in [0.4, 0.5) is 0 Å². The van der Waals surface area contributed by atoms with Gasteiger partial charge in [0.1, 0.15) is 0 Å². The molecule has 1 aromatic carbocycles. The number of benzene rings is 1. The van der Waals surface area contributed by atoms with Gasteiger partial charge < -0.3 is 5.32 Å². The largest absolute Gasteiger partial charge is 0.317 e. The minimum Gasteiger partial charge on any atom is -0.317 e. The highest BCUT2D eigenvalue weighted by atomic mass is 79.9. The van der Waals surface area contributed by atoms with Crippen molar-refractivity contribution in [2.75, 3.05) is 7.05 Å². The molecule has 0 aromatic heterocycles.